The highest BCUT2D eigenvalue weighted by Gasteiger charge is 2.19. The van der Waals surface area contributed by atoms with Gasteiger partial charge in [0.15, 0.2) is 11.5 Å². The maximum absolute atomic E-state index is 13.6. The van der Waals surface area contributed by atoms with Gasteiger partial charge in [-0.2, -0.15) is 0 Å². The fourth-order valence-corrected chi connectivity index (χ4v) is 2.99. The first-order chi connectivity index (χ1) is 13.4. The van der Waals surface area contributed by atoms with Crippen LogP contribution in [0.3, 0.4) is 0 Å². The van der Waals surface area contributed by atoms with E-state index in [1.165, 1.54) is 57.2 Å². The lowest BCUT2D eigenvalue weighted by Crippen LogP contribution is -2.12. The summed E-state index contributed by atoms with van der Waals surface area (Å²) in [7, 11) is 4.42. The highest BCUT2D eigenvalue weighted by Crippen LogP contribution is 2.40. The van der Waals surface area contributed by atoms with Crippen molar-refractivity contribution in [2.24, 2.45) is 0 Å². The van der Waals surface area contributed by atoms with Gasteiger partial charge < -0.3 is 19.5 Å². The van der Waals surface area contributed by atoms with Crippen LogP contribution in [0, 0.1) is 5.82 Å². The minimum atomic E-state index is -0.496. The molecule has 8 heteroatoms. The molecule has 0 atom stereocenters. The van der Waals surface area contributed by atoms with Gasteiger partial charge in [0.05, 0.1) is 32.4 Å². The maximum atomic E-state index is 13.6. The second-order valence-electron chi connectivity index (χ2n) is 5.96. The molecule has 0 radical (unpaired) electrons. The zero-order valence-corrected chi connectivity index (χ0v) is 15.8. The van der Waals surface area contributed by atoms with Crippen molar-refractivity contribution in [2.45, 2.75) is 6.92 Å². The molecule has 1 amide bonds. The van der Waals surface area contributed by atoms with E-state index in [9.17, 15) is 14.0 Å². The molecule has 0 bridgehead atoms. The molecule has 0 saturated heterocycles. The number of carbonyl (C=O) groups is 2. The molecule has 3 aromatic rings. The average molecular weight is 386 g/mol. The van der Waals surface area contributed by atoms with Crippen LogP contribution in [0.1, 0.15) is 22.1 Å². The molecule has 7 nitrogen and oxygen atoms in total. The van der Waals surface area contributed by atoms with Crippen LogP contribution in [-0.4, -0.2) is 37.7 Å². The van der Waals surface area contributed by atoms with Gasteiger partial charge in [-0.1, -0.05) is 0 Å². The van der Waals surface area contributed by atoms with E-state index in [2.05, 4.69) is 5.32 Å². The topological polar surface area (TPSA) is 78.8 Å². The average Bonchev–Trinajstić information content (AvgIpc) is 3.06. The minimum Gasteiger partial charge on any atom is -0.493 e. The number of hydrogen-bond acceptors (Lipinski definition) is 5. The van der Waals surface area contributed by atoms with Gasteiger partial charge in [-0.3, -0.25) is 14.2 Å². The van der Waals surface area contributed by atoms with E-state index in [4.69, 9.17) is 14.2 Å². The number of anilines is 1. The number of benzene rings is 2. The highest BCUT2D eigenvalue weighted by molar-refractivity contribution is 6.14. The summed E-state index contributed by atoms with van der Waals surface area (Å²) >= 11 is 0. The van der Waals surface area contributed by atoms with E-state index in [-0.39, 0.29) is 11.5 Å². The number of aromatic nitrogens is 1. The summed E-state index contributed by atoms with van der Waals surface area (Å²) in [6, 6.07) is 7.09. The van der Waals surface area contributed by atoms with E-state index in [0.29, 0.717) is 33.8 Å². The zero-order chi connectivity index (χ0) is 20.4. The van der Waals surface area contributed by atoms with Crippen LogP contribution < -0.4 is 19.5 Å². The second-order valence-corrected chi connectivity index (χ2v) is 5.96. The predicted molar refractivity (Wildman–Crippen MR) is 102 cm³/mol. The van der Waals surface area contributed by atoms with Crippen molar-refractivity contribution in [2.75, 3.05) is 26.6 Å². The number of methoxy groups -OCH3 is 3. The van der Waals surface area contributed by atoms with Crippen molar-refractivity contribution in [1.82, 2.24) is 4.57 Å². The summed E-state index contributed by atoms with van der Waals surface area (Å²) in [5.74, 6) is -0.138. The van der Waals surface area contributed by atoms with Crippen LogP contribution >= 0.6 is 0 Å². The molecule has 2 aromatic carbocycles. The van der Waals surface area contributed by atoms with Gasteiger partial charge in [-0.25, -0.2) is 4.39 Å². The monoisotopic (exact) mass is 386 g/mol. The predicted octanol–water partition coefficient (Wildman–Crippen LogP) is 3.72. The van der Waals surface area contributed by atoms with Gasteiger partial charge in [-0.15, -0.1) is 0 Å². The number of fused-ring (bicyclic) bond motifs is 1. The number of carbonyl (C=O) groups excluding carboxylic acids is 2. The minimum absolute atomic E-state index is 0.235. The normalized spacial score (nSPS) is 10.6. The molecule has 0 aliphatic heterocycles. The number of nitrogens with one attached hydrogen (secondary N) is 1. The highest BCUT2D eigenvalue weighted by atomic mass is 19.1. The summed E-state index contributed by atoms with van der Waals surface area (Å²) in [6.07, 6.45) is 1.39. The molecular weight excluding hydrogens is 367 g/mol. The van der Waals surface area contributed by atoms with Crippen LogP contribution in [0.25, 0.3) is 10.9 Å². The van der Waals surface area contributed by atoms with Crippen LogP contribution in [0.5, 0.6) is 17.2 Å². The van der Waals surface area contributed by atoms with Crippen LogP contribution in [-0.2, 0) is 0 Å². The third-order valence-electron chi connectivity index (χ3n) is 4.27. The van der Waals surface area contributed by atoms with Gasteiger partial charge in [0.2, 0.25) is 11.7 Å². The van der Waals surface area contributed by atoms with Crippen LogP contribution in [0.4, 0.5) is 10.1 Å². The number of nitrogens with zero attached hydrogens (tertiary/aromatic N) is 1. The number of amides is 1. The first-order valence-electron chi connectivity index (χ1n) is 8.32. The molecule has 1 heterocycles. The number of halogens is 1. The molecule has 0 spiro atoms. The second kappa shape index (κ2) is 7.59. The first kappa shape index (κ1) is 19.2. The lowest BCUT2D eigenvalue weighted by molar-refractivity contribution is 0.0941. The Labute approximate surface area is 160 Å². The molecular formula is C20H19FN2O5. The Bertz CT molecular complexity index is 1050. The van der Waals surface area contributed by atoms with Crippen LogP contribution in [0.15, 0.2) is 36.5 Å². The Morgan fingerprint density at radius 2 is 1.64 bits per heavy atom. The fraction of sp³-hybridized carbons (Fsp3) is 0.200. The van der Waals surface area contributed by atoms with E-state index < -0.39 is 11.7 Å². The molecule has 0 saturated carbocycles. The van der Waals surface area contributed by atoms with Gasteiger partial charge in [0, 0.05) is 36.3 Å². The van der Waals surface area contributed by atoms with Crippen molar-refractivity contribution < 1.29 is 28.2 Å². The molecule has 28 heavy (non-hydrogen) atoms. The zero-order valence-electron chi connectivity index (χ0n) is 15.8. The molecule has 0 aliphatic carbocycles. The number of rotatable bonds is 5. The summed E-state index contributed by atoms with van der Waals surface area (Å²) < 4.78 is 30.7. The third-order valence-corrected chi connectivity index (χ3v) is 4.27. The summed E-state index contributed by atoms with van der Waals surface area (Å²) in [5, 5.41) is 3.20. The Kier molecular flexibility index (Phi) is 5.21. The Morgan fingerprint density at radius 3 is 2.18 bits per heavy atom. The number of ether oxygens (including phenoxy) is 3. The summed E-state index contributed by atoms with van der Waals surface area (Å²) in [6.45, 7) is 1.34. The Morgan fingerprint density at radius 1 is 1.00 bits per heavy atom. The summed E-state index contributed by atoms with van der Waals surface area (Å²) in [5.41, 5.74) is 0.965. The van der Waals surface area contributed by atoms with Crippen molar-refractivity contribution in [3.05, 3.63) is 47.9 Å². The largest absolute Gasteiger partial charge is 0.493 e. The van der Waals surface area contributed by atoms with E-state index in [1.807, 2.05) is 0 Å². The number of hydrogen-bond donors (Lipinski definition) is 1. The lowest BCUT2D eigenvalue weighted by atomic mass is 10.1. The molecule has 0 unspecified atom stereocenters. The summed E-state index contributed by atoms with van der Waals surface area (Å²) in [4.78, 5) is 24.7. The molecule has 3 rings (SSSR count). The van der Waals surface area contributed by atoms with Crippen molar-refractivity contribution in [1.29, 1.82) is 0 Å². The molecule has 146 valence electrons. The SMILES string of the molecule is COc1cc(NC(=O)c2cn(C(C)=O)c3cc(F)ccc23)cc(OC)c1OC. The first-order valence-corrected chi connectivity index (χ1v) is 8.32. The van der Waals surface area contributed by atoms with Crippen molar-refractivity contribution in [3.8, 4) is 17.2 Å². The molecule has 0 fully saturated rings. The van der Waals surface area contributed by atoms with Gasteiger partial charge in [0.25, 0.3) is 5.91 Å². The lowest BCUT2D eigenvalue weighted by Gasteiger charge is -2.14. The van der Waals surface area contributed by atoms with Gasteiger partial charge >= 0.3 is 0 Å². The Hall–Kier alpha value is -3.55. The van der Waals surface area contributed by atoms with E-state index >= 15 is 0 Å². The quantitative estimate of drug-likeness (QED) is 0.723. The van der Waals surface area contributed by atoms with Crippen molar-refractivity contribution >= 4 is 28.4 Å². The Balaban J connectivity index is 2.03. The third kappa shape index (κ3) is 3.36. The van der Waals surface area contributed by atoms with E-state index in [1.54, 1.807) is 12.1 Å². The van der Waals surface area contributed by atoms with Gasteiger partial charge in [0.1, 0.15) is 5.82 Å². The molecule has 1 N–H and O–H groups in total. The fourth-order valence-electron chi connectivity index (χ4n) is 2.99. The maximum Gasteiger partial charge on any atom is 0.257 e. The standard InChI is InChI=1S/C20H19FN2O5/c1-11(24)23-10-15(14-6-5-12(21)7-16(14)23)20(25)22-13-8-17(26-2)19(28-4)18(9-13)27-3/h5-10H,1-4H3,(H,22,25). The van der Waals surface area contributed by atoms with E-state index in [0.717, 1.165) is 0 Å². The smallest absolute Gasteiger partial charge is 0.257 e. The van der Waals surface area contributed by atoms with Crippen molar-refractivity contribution in [3.63, 3.8) is 0 Å². The van der Waals surface area contributed by atoms with Crippen LogP contribution in [0.2, 0.25) is 0 Å². The molecule has 0 aliphatic rings. The van der Waals surface area contributed by atoms with Gasteiger partial charge in [-0.05, 0) is 18.2 Å². The molecule has 1 aromatic heterocycles.